The molecule has 2 N–H and O–H groups in total. The molecule has 1 aliphatic rings. The summed E-state index contributed by atoms with van der Waals surface area (Å²) in [5.74, 6) is -0.613. The zero-order valence-electron chi connectivity index (χ0n) is 17.6. The number of imide groups is 3. The number of halogens is 3. The van der Waals surface area contributed by atoms with Gasteiger partial charge in [-0.05, 0) is 42.3 Å². The van der Waals surface area contributed by atoms with Crippen molar-refractivity contribution in [1.82, 2.24) is 9.91 Å². The summed E-state index contributed by atoms with van der Waals surface area (Å²) in [6.07, 6.45) is 1.48. The van der Waals surface area contributed by atoms with Crippen molar-refractivity contribution in [3.63, 3.8) is 0 Å². The van der Waals surface area contributed by atoms with Gasteiger partial charge in [-0.1, -0.05) is 53.5 Å². The van der Waals surface area contributed by atoms with Crippen molar-refractivity contribution < 1.29 is 18.8 Å². The summed E-state index contributed by atoms with van der Waals surface area (Å²) < 4.78 is 5.69. The molecule has 3 aromatic rings. The molecule has 8 nitrogen and oxygen atoms in total. The second-order valence-electron chi connectivity index (χ2n) is 7.28. The lowest BCUT2D eigenvalue weighted by atomic mass is 10.1. The number of urea groups is 1. The van der Waals surface area contributed by atoms with Crippen molar-refractivity contribution in [3.8, 4) is 11.3 Å². The van der Waals surface area contributed by atoms with E-state index in [0.29, 0.717) is 32.0 Å². The molecule has 4 rings (SSSR count). The highest BCUT2D eigenvalue weighted by atomic mass is 35.5. The van der Waals surface area contributed by atoms with Crippen LogP contribution < -0.4 is 5.73 Å². The van der Waals surface area contributed by atoms with E-state index >= 15 is 0 Å². The molecular weight excluding hydrogens is 503 g/mol. The van der Waals surface area contributed by atoms with Gasteiger partial charge < -0.3 is 10.2 Å². The second kappa shape index (κ2) is 10.8. The molecule has 1 fully saturated rings. The van der Waals surface area contributed by atoms with Crippen molar-refractivity contribution >= 4 is 59.7 Å². The molecule has 34 heavy (non-hydrogen) atoms. The minimum atomic E-state index is -1.04. The number of carbonyl (C=O) groups excluding carboxylic acids is 3. The van der Waals surface area contributed by atoms with E-state index in [1.54, 1.807) is 30.3 Å². The third-order valence-electron chi connectivity index (χ3n) is 4.94. The minimum absolute atomic E-state index is 0. The van der Waals surface area contributed by atoms with E-state index in [1.165, 1.54) is 6.21 Å². The van der Waals surface area contributed by atoms with Gasteiger partial charge in [-0.3, -0.25) is 9.59 Å². The van der Waals surface area contributed by atoms with Crippen LogP contribution in [0.5, 0.6) is 0 Å². The van der Waals surface area contributed by atoms with Crippen molar-refractivity contribution in [2.24, 2.45) is 10.8 Å². The zero-order valence-corrected chi connectivity index (χ0v) is 19.9. The van der Waals surface area contributed by atoms with Crippen LogP contribution in [0.3, 0.4) is 0 Å². The Hall–Kier alpha value is -3.17. The third-order valence-corrected chi connectivity index (χ3v) is 5.68. The number of amides is 4. The van der Waals surface area contributed by atoms with Crippen molar-refractivity contribution in [2.45, 2.75) is 12.5 Å². The van der Waals surface area contributed by atoms with Crippen molar-refractivity contribution in [1.29, 1.82) is 0 Å². The van der Waals surface area contributed by atoms with Gasteiger partial charge in [0.25, 0.3) is 11.8 Å². The van der Waals surface area contributed by atoms with E-state index in [9.17, 15) is 14.4 Å². The molecule has 1 unspecified atom stereocenters. The molecule has 0 radical (unpaired) electrons. The Labute approximate surface area is 211 Å². The SMILES string of the molecule is Cl.NC(Cc1ccccc1)C(=O)N1C(=O)CN(/N=C/c2ccc(-c3ccc(Cl)c(Cl)c3)o2)C1=O. The Kier molecular flexibility index (Phi) is 8.11. The number of benzene rings is 2. The number of rotatable bonds is 6. The van der Waals surface area contributed by atoms with E-state index in [1.807, 2.05) is 30.3 Å². The van der Waals surface area contributed by atoms with Crippen LogP contribution in [0.1, 0.15) is 11.3 Å². The normalized spacial score (nSPS) is 14.6. The highest BCUT2D eigenvalue weighted by Crippen LogP contribution is 2.29. The maximum absolute atomic E-state index is 12.6. The number of hydrogen-bond donors (Lipinski definition) is 1. The predicted molar refractivity (Wildman–Crippen MR) is 131 cm³/mol. The first-order chi connectivity index (χ1) is 15.8. The predicted octanol–water partition coefficient (Wildman–Crippen LogP) is 4.37. The van der Waals surface area contributed by atoms with Crippen LogP contribution >= 0.6 is 35.6 Å². The van der Waals surface area contributed by atoms with Crippen LogP contribution in [0.15, 0.2) is 70.2 Å². The number of furan rings is 1. The lowest BCUT2D eigenvalue weighted by molar-refractivity contribution is -0.139. The fraction of sp³-hybridized carbons (Fsp3) is 0.130. The summed E-state index contributed by atoms with van der Waals surface area (Å²) in [6, 6.07) is 15.6. The van der Waals surface area contributed by atoms with Crippen molar-refractivity contribution in [3.05, 3.63) is 82.0 Å². The summed E-state index contributed by atoms with van der Waals surface area (Å²) in [4.78, 5) is 38.1. The smallest absolute Gasteiger partial charge is 0.354 e. The van der Waals surface area contributed by atoms with Gasteiger partial charge in [0.05, 0.1) is 22.3 Å². The summed E-state index contributed by atoms with van der Waals surface area (Å²) in [6.45, 7) is -0.376. The van der Waals surface area contributed by atoms with Gasteiger partial charge >= 0.3 is 6.03 Å². The fourth-order valence-corrected chi connectivity index (χ4v) is 3.57. The second-order valence-corrected chi connectivity index (χ2v) is 8.09. The molecule has 1 aliphatic heterocycles. The minimum Gasteiger partial charge on any atom is -0.455 e. The Balaban J connectivity index is 0.00000324. The first-order valence-electron chi connectivity index (χ1n) is 9.90. The van der Waals surface area contributed by atoms with Gasteiger partial charge in [-0.2, -0.15) is 10.0 Å². The van der Waals surface area contributed by atoms with E-state index < -0.39 is 23.9 Å². The summed E-state index contributed by atoms with van der Waals surface area (Å²) in [5, 5.41) is 5.70. The van der Waals surface area contributed by atoms with E-state index in [0.717, 1.165) is 10.6 Å². The van der Waals surface area contributed by atoms with E-state index in [4.69, 9.17) is 33.4 Å². The summed E-state index contributed by atoms with van der Waals surface area (Å²) in [7, 11) is 0. The molecule has 1 atom stereocenters. The van der Waals surface area contributed by atoms with E-state index in [-0.39, 0.29) is 25.4 Å². The highest BCUT2D eigenvalue weighted by Gasteiger charge is 2.42. The molecule has 11 heteroatoms. The van der Waals surface area contributed by atoms with Gasteiger partial charge in [0.2, 0.25) is 0 Å². The number of nitrogens with two attached hydrogens (primary N) is 1. The highest BCUT2D eigenvalue weighted by molar-refractivity contribution is 6.42. The van der Waals surface area contributed by atoms with Crippen LogP contribution in [0.2, 0.25) is 10.0 Å². The Bertz CT molecular complexity index is 1250. The molecule has 2 heterocycles. The molecule has 4 amide bonds. The first-order valence-corrected chi connectivity index (χ1v) is 10.7. The largest absolute Gasteiger partial charge is 0.455 e. The van der Waals surface area contributed by atoms with Gasteiger partial charge in [-0.25, -0.2) is 9.80 Å². The van der Waals surface area contributed by atoms with Crippen LogP contribution in [-0.2, 0) is 16.0 Å². The zero-order chi connectivity index (χ0) is 23.5. The number of carbonyl (C=O) groups is 3. The van der Waals surface area contributed by atoms with Crippen LogP contribution in [0.25, 0.3) is 11.3 Å². The quantitative estimate of drug-likeness (QED) is 0.383. The van der Waals surface area contributed by atoms with Crippen LogP contribution in [0, 0.1) is 0 Å². The monoisotopic (exact) mass is 520 g/mol. The molecule has 176 valence electrons. The molecule has 1 saturated heterocycles. The average molecular weight is 522 g/mol. The maximum Gasteiger partial charge on any atom is 0.354 e. The van der Waals surface area contributed by atoms with E-state index in [2.05, 4.69) is 5.10 Å². The van der Waals surface area contributed by atoms with Gasteiger partial charge in [-0.15, -0.1) is 12.4 Å². The maximum atomic E-state index is 12.6. The standard InChI is InChI=1S/C23H18Cl2N4O4.ClH/c24-17-8-6-15(11-18(17)25)20-9-7-16(33-20)12-27-28-13-21(30)29(23(28)32)22(31)19(26)10-14-4-2-1-3-5-14;/h1-9,11-12,19H,10,13,26H2;1H/b27-12+;. The average Bonchev–Trinajstić information content (AvgIpc) is 3.38. The summed E-state index contributed by atoms with van der Waals surface area (Å²) in [5.41, 5.74) is 7.49. The molecule has 0 spiro atoms. The third kappa shape index (κ3) is 5.48. The summed E-state index contributed by atoms with van der Waals surface area (Å²) >= 11 is 12.0. The molecular formula is C23H19Cl3N4O4. The molecule has 0 bridgehead atoms. The number of nitrogens with zero attached hydrogens (tertiary/aromatic N) is 3. The lowest BCUT2D eigenvalue weighted by Gasteiger charge is -2.17. The Morgan fingerprint density at radius 3 is 2.53 bits per heavy atom. The molecule has 0 saturated carbocycles. The molecule has 2 aromatic carbocycles. The number of hydrogen-bond acceptors (Lipinski definition) is 6. The lowest BCUT2D eigenvalue weighted by Crippen LogP contribution is -2.48. The van der Waals surface area contributed by atoms with Crippen LogP contribution in [0.4, 0.5) is 4.79 Å². The topological polar surface area (TPSA) is 109 Å². The molecule has 1 aromatic heterocycles. The number of hydrazone groups is 1. The van der Waals surface area contributed by atoms with Gasteiger partial charge in [0.15, 0.2) is 0 Å². The Morgan fingerprint density at radius 2 is 1.82 bits per heavy atom. The van der Waals surface area contributed by atoms with Crippen molar-refractivity contribution in [2.75, 3.05) is 6.54 Å². The molecule has 0 aliphatic carbocycles. The van der Waals surface area contributed by atoms with Crippen LogP contribution in [-0.4, -0.2) is 46.6 Å². The van der Waals surface area contributed by atoms with Gasteiger partial charge in [0.1, 0.15) is 18.1 Å². The Morgan fingerprint density at radius 1 is 1.09 bits per heavy atom. The first kappa shape index (κ1) is 25.5. The van der Waals surface area contributed by atoms with Gasteiger partial charge in [0, 0.05) is 5.56 Å². The fourth-order valence-electron chi connectivity index (χ4n) is 3.27.